The maximum atomic E-state index is 6.98. The fraction of sp³-hybridized carbons (Fsp3) is 0.143. The van der Waals surface area contributed by atoms with Gasteiger partial charge in [-0.25, -0.2) is 0 Å². The summed E-state index contributed by atoms with van der Waals surface area (Å²) in [7, 11) is 0. The summed E-state index contributed by atoms with van der Waals surface area (Å²) in [5.74, 6) is -1.06. The van der Waals surface area contributed by atoms with Crippen molar-refractivity contribution < 1.29 is 14.2 Å². The second-order valence-corrected chi connectivity index (χ2v) is 9.43. The van der Waals surface area contributed by atoms with Crippen LogP contribution in [-0.4, -0.2) is 0 Å². The molecule has 2 aliphatic heterocycles. The zero-order valence-corrected chi connectivity index (χ0v) is 19.6. The number of fused-ring (bicyclic) bond motifs is 6. The second kappa shape index (κ2) is 7.26. The first kappa shape index (κ1) is 20.6. The van der Waals surface area contributed by atoms with Crippen LogP contribution in [0.1, 0.15) is 33.4 Å². The highest BCUT2D eigenvalue weighted by Crippen LogP contribution is 2.58. The number of aryl methyl sites for hydroxylation is 2. The molecule has 6 rings (SSSR count). The minimum Gasteiger partial charge on any atom is -0.453 e. The lowest BCUT2D eigenvalue weighted by Crippen LogP contribution is -2.56. The van der Waals surface area contributed by atoms with Crippen LogP contribution < -0.4 is 9.47 Å². The van der Waals surface area contributed by atoms with Gasteiger partial charge in [0.25, 0.3) is 11.6 Å². The van der Waals surface area contributed by atoms with E-state index in [0.29, 0.717) is 21.5 Å². The first-order valence-electron chi connectivity index (χ1n) is 10.7. The minimum atomic E-state index is -1.23. The fourth-order valence-electron chi connectivity index (χ4n) is 4.64. The molecule has 164 valence electrons. The van der Waals surface area contributed by atoms with Gasteiger partial charge in [0.2, 0.25) is 0 Å². The molecule has 4 aromatic carbocycles. The van der Waals surface area contributed by atoms with Gasteiger partial charge < -0.3 is 9.47 Å². The predicted octanol–water partition coefficient (Wildman–Crippen LogP) is 7.51. The van der Waals surface area contributed by atoms with E-state index in [2.05, 4.69) is 12.1 Å². The van der Waals surface area contributed by atoms with Crippen LogP contribution in [0, 0.1) is 13.8 Å². The molecule has 33 heavy (non-hydrogen) atoms. The lowest BCUT2D eigenvalue weighted by Gasteiger charge is -2.52. The maximum absolute atomic E-state index is 6.98. The highest BCUT2D eigenvalue weighted by atomic mass is 35.5. The molecule has 3 nitrogen and oxygen atoms in total. The standard InChI is InChI=1S/C28H20Cl2O3/c1-17-3-13-25-23(15-17)27(19-5-9-21(29)10-6-19)32-26-14-4-18(2)16-24(26)28(31-25,33-27)20-7-11-22(30)12-8-20/h3-16H,1-2H3/t27-,28-/m0/s1. The van der Waals surface area contributed by atoms with Crippen molar-refractivity contribution in [1.29, 1.82) is 0 Å². The largest absolute Gasteiger partial charge is 0.453 e. The van der Waals surface area contributed by atoms with Crippen LogP contribution in [0.5, 0.6) is 11.5 Å². The van der Waals surface area contributed by atoms with Crippen molar-refractivity contribution in [3.8, 4) is 11.5 Å². The number of benzene rings is 4. The van der Waals surface area contributed by atoms with Crippen molar-refractivity contribution in [2.24, 2.45) is 0 Å². The topological polar surface area (TPSA) is 27.7 Å². The molecular weight excluding hydrogens is 455 g/mol. The summed E-state index contributed by atoms with van der Waals surface area (Å²) >= 11 is 12.5. The molecule has 0 aromatic heterocycles. The molecule has 0 amide bonds. The van der Waals surface area contributed by atoms with E-state index in [1.54, 1.807) is 0 Å². The quantitative estimate of drug-likeness (QED) is 0.300. The van der Waals surface area contributed by atoms with E-state index in [1.165, 1.54) is 0 Å². The Balaban J connectivity index is 1.71. The first-order chi connectivity index (χ1) is 15.9. The summed E-state index contributed by atoms with van der Waals surface area (Å²) in [6.07, 6.45) is 0. The van der Waals surface area contributed by atoms with Crippen LogP contribution in [0.25, 0.3) is 0 Å². The van der Waals surface area contributed by atoms with Crippen molar-refractivity contribution in [1.82, 2.24) is 0 Å². The highest BCUT2D eigenvalue weighted by Gasteiger charge is 2.60. The van der Waals surface area contributed by atoms with Gasteiger partial charge in [-0.1, -0.05) is 70.7 Å². The van der Waals surface area contributed by atoms with Gasteiger partial charge in [-0.2, -0.15) is 0 Å². The van der Waals surface area contributed by atoms with Crippen LogP contribution in [0.2, 0.25) is 10.0 Å². The zero-order valence-electron chi connectivity index (χ0n) is 18.1. The molecular formula is C28H20Cl2O3. The average molecular weight is 475 g/mol. The van der Waals surface area contributed by atoms with Gasteiger partial charge >= 0.3 is 0 Å². The molecule has 2 heterocycles. The monoisotopic (exact) mass is 474 g/mol. The van der Waals surface area contributed by atoms with Crippen molar-refractivity contribution in [2.45, 2.75) is 25.4 Å². The third-order valence-corrected chi connectivity index (χ3v) is 6.73. The van der Waals surface area contributed by atoms with Crippen LogP contribution in [-0.2, 0) is 16.3 Å². The Bertz CT molecular complexity index is 1270. The Morgan fingerprint density at radius 2 is 0.939 bits per heavy atom. The zero-order chi connectivity index (χ0) is 22.8. The van der Waals surface area contributed by atoms with Crippen LogP contribution >= 0.6 is 23.2 Å². The number of halogens is 2. The van der Waals surface area contributed by atoms with Gasteiger partial charge in [0.1, 0.15) is 11.5 Å². The molecule has 2 bridgehead atoms. The number of hydrogen-bond donors (Lipinski definition) is 0. The van der Waals surface area contributed by atoms with E-state index in [1.807, 2.05) is 86.6 Å². The number of rotatable bonds is 2. The molecule has 0 spiro atoms. The van der Waals surface area contributed by atoms with E-state index < -0.39 is 11.6 Å². The van der Waals surface area contributed by atoms with Gasteiger partial charge in [0.15, 0.2) is 0 Å². The van der Waals surface area contributed by atoms with E-state index in [4.69, 9.17) is 37.4 Å². The Morgan fingerprint density at radius 1 is 0.545 bits per heavy atom. The SMILES string of the molecule is Cc1ccc2c(c1)[C@@]1(c3ccc(Cl)cc3)Oc3ccc(C)cc3[C@@](c3ccc(Cl)cc3)(O2)O1. The molecule has 2 atom stereocenters. The lowest BCUT2D eigenvalue weighted by atomic mass is 9.86. The minimum absolute atomic E-state index is 0.641. The predicted molar refractivity (Wildman–Crippen MR) is 129 cm³/mol. The van der Waals surface area contributed by atoms with Crippen LogP contribution in [0.15, 0.2) is 84.9 Å². The molecule has 0 N–H and O–H groups in total. The van der Waals surface area contributed by atoms with Crippen LogP contribution in [0.4, 0.5) is 0 Å². The second-order valence-electron chi connectivity index (χ2n) is 8.55. The molecule has 0 aliphatic carbocycles. The molecule has 4 aromatic rings. The molecule has 0 radical (unpaired) electrons. The average Bonchev–Trinajstić information content (AvgIpc) is 2.81. The number of hydrogen-bond acceptors (Lipinski definition) is 3. The van der Waals surface area contributed by atoms with Crippen molar-refractivity contribution in [2.75, 3.05) is 0 Å². The Kier molecular flexibility index (Phi) is 4.54. The molecule has 0 saturated heterocycles. The molecule has 0 fully saturated rings. The summed E-state index contributed by atoms with van der Waals surface area (Å²) in [4.78, 5) is 0. The molecule has 0 unspecified atom stereocenters. The van der Waals surface area contributed by atoms with Crippen LogP contribution in [0.3, 0.4) is 0 Å². The normalized spacial score (nSPS) is 22.5. The molecule has 5 heteroatoms. The van der Waals surface area contributed by atoms with Gasteiger partial charge in [-0.05, 0) is 62.4 Å². The van der Waals surface area contributed by atoms with Gasteiger partial charge in [-0.3, -0.25) is 4.74 Å². The molecule has 0 saturated carbocycles. The van der Waals surface area contributed by atoms with E-state index >= 15 is 0 Å². The van der Waals surface area contributed by atoms with E-state index in [-0.39, 0.29) is 0 Å². The first-order valence-corrected chi connectivity index (χ1v) is 11.5. The van der Waals surface area contributed by atoms with E-state index in [0.717, 1.165) is 33.4 Å². The number of ether oxygens (including phenoxy) is 3. The van der Waals surface area contributed by atoms with Gasteiger partial charge in [0.05, 0.1) is 11.1 Å². The maximum Gasteiger partial charge on any atom is 0.271 e. The summed E-state index contributed by atoms with van der Waals surface area (Å²) in [5.41, 5.74) is 5.41. The Labute approximate surface area is 202 Å². The third-order valence-electron chi connectivity index (χ3n) is 6.22. The van der Waals surface area contributed by atoms with Gasteiger partial charge in [0, 0.05) is 21.2 Å². The summed E-state index contributed by atoms with van der Waals surface area (Å²) in [6, 6.07) is 27.2. The van der Waals surface area contributed by atoms with E-state index in [9.17, 15) is 0 Å². The Morgan fingerprint density at radius 3 is 1.33 bits per heavy atom. The fourth-order valence-corrected chi connectivity index (χ4v) is 4.89. The van der Waals surface area contributed by atoms with Crippen molar-refractivity contribution in [3.05, 3.63) is 128 Å². The van der Waals surface area contributed by atoms with Crippen molar-refractivity contribution >= 4 is 23.2 Å². The smallest absolute Gasteiger partial charge is 0.271 e. The summed E-state index contributed by atoms with van der Waals surface area (Å²) in [6.45, 7) is 4.08. The third kappa shape index (κ3) is 3.07. The molecule has 2 aliphatic rings. The lowest BCUT2D eigenvalue weighted by molar-refractivity contribution is -0.322. The summed E-state index contributed by atoms with van der Waals surface area (Å²) < 4.78 is 20.5. The summed E-state index contributed by atoms with van der Waals surface area (Å²) in [5, 5.41) is 1.28. The van der Waals surface area contributed by atoms with Crippen molar-refractivity contribution in [3.63, 3.8) is 0 Å². The van der Waals surface area contributed by atoms with Gasteiger partial charge in [-0.15, -0.1) is 0 Å². The Hall–Kier alpha value is -2.98. The highest BCUT2D eigenvalue weighted by molar-refractivity contribution is 6.30.